The highest BCUT2D eigenvalue weighted by Gasteiger charge is 2.28. The smallest absolute Gasteiger partial charge is 0.104 e. The topological polar surface area (TPSA) is 47.6 Å². The Labute approximate surface area is 130 Å². The lowest BCUT2D eigenvalue weighted by atomic mass is 9.78. The van der Waals surface area contributed by atoms with E-state index in [9.17, 15) is 5.26 Å². The van der Waals surface area contributed by atoms with Crippen molar-refractivity contribution in [3.63, 3.8) is 0 Å². The van der Waals surface area contributed by atoms with Gasteiger partial charge in [0.05, 0.1) is 17.7 Å². The zero-order valence-corrected chi connectivity index (χ0v) is 12.2. The highest BCUT2D eigenvalue weighted by atomic mass is 14.4. The monoisotopic (exact) mass is 282 g/mol. The third-order valence-corrected chi connectivity index (χ3v) is 4.18. The van der Waals surface area contributed by atoms with Crippen LogP contribution in [0.4, 0.5) is 0 Å². The van der Waals surface area contributed by atoms with Gasteiger partial charge in [-0.1, -0.05) is 60.7 Å². The van der Waals surface area contributed by atoms with Crippen molar-refractivity contribution in [1.29, 1.82) is 10.5 Å². The van der Waals surface area contributed by atoms with E-state index >= 15 is 0 Å². The first-order valence-electron chi connectivity index (χ1n) is 7.09. The molecule has 1 aromatic rings. The van der Waals surface area contributed by atoms with E-state index in [1.54, 1.807) is 0 Å². The summed E-state index contributed by atoms with van der Waals surface area (Å²) in [5, 5.41) is 18.9. The molecule has 1 atom stereocenters. The van der Waals surface area contributed by atoms with Crippen LogP contribution in [0.15, 0.2) is 66.7 Å². The van der Waals surface area contributed by atoms with E-state index in [2.05, 4.69) is 12.1 Å². The molecule has 0 aliphatic heterocycles. The van der Waals surface area contributed by atoms with Crippen molar-refractivity contribution in [2.45, 2.75) is 12.3 Å². The Morgan fingerprint density at radius 3 is 2.09 bits per heavy atom. The Balaban J connectivity index is 2.19. The molecule has 1 unspecified atom stereocenters. The predicted molar refractivity (Wildman–Crippen MR) is 86.3 cm³/mol. The molecular formula is C20H14N2. The molecular weight excluding hydrogens is 268 g/mol. The maximum Gasteiger partial charge on any atom is 0.104 e. The van der Waals surface area contributed by atoms with Crippen molar-refractivity contribution in [3.05, 3.63) is 83.4 Å². The third-order valence-electron chi connectivity index (χ3n) is 4.18. The Morgan fingerprint density at radius 1 is 0.773 bits per heavy atom. The molecule has 0 amide bonds. The van der Waals surface area contributed by atoms with Crippen LogP contribution < -0.4 is 0 Å². The fourth-order valence-electron chi connectivity index (χ4n) is 2.75. The summed E-state index contributed by atoms with van der Waals surface area (Å²) in [6.45, 7) is 1.92. The lowest BCUT2D eigenvalue weighted by Crippen LogP contribution is -2.20. The largest absolute Gasteiger partial charge is 0.197 e. The zero-order chi connectivity index (χ0) is 15.6. The summed E-state index contributed by atoms with van der Waals surface area (Å²) < 4.78 is 0. The van der Waals surface area contributed by atoms with Crippen LogP contribution in [-0.2, 0) is 5.41 Å². The van der Waals surface area contributed by atoms with Crippen LogP contribution >= 0.6 is 0 Å². The Kier molecular flexibility index (Phi) is 3.37. The van der Waals surface area contributed by atoms with Gasteiger partial charge in [-0.25, -0.2) is 0 Å². The van der Waals surface area contributed by atoms with Crippen LogP contribution in [0.3, 0.4) is 0 Å². The lowest BCUT2D eigenvalue weighted by Gasteiger charge is -2.21. The number of hydrogen-bond donors (Lipinski definition) is 0. The first-order chi connectivity index (χ1) is 10.7. The van der Waals surface area contributed by atoms with E-state index in [0.717, 1.165) is 22.3 Å². The minimum Gasteiger partial charge on any atom is -0.197 e. The molecule has 0 spiro atoms. The summed E-state index contributed by atoms with van der Waals surface area (Å²) in [7, 11) is 0. The van der Waals surface area contributed by atoms with Gasteiger partial charge in [-0.2, -0.15) is 10.5 Å². The number of fused-ring (bicyclic) bond motifs is 1. The van der Waals surface area contributed by atoms with Gasteiger partial charge >= 0.3 is 0 Å². The first-order valence-corrected chi connectivity index (χ1v) is 7.09. The molecule has 104 valence electrons. The van der Waals surface area contributed by atoms with Crippen LogP contribution in [0, 0.1) is 22.7 Å². The van der Waals surface area contributed by atoms with Crippen molar-refractivity contribution >= 4 is 0 Å². The molecule has 0 radical (unpaired) electrons. The molecule has 0 heterocycles. The highest BCUT2D eigenvalue weighted by molar-refractivity contribution is 5.74. The van der Waals surface area contributed by atoms with Gasteiger partial charge in [-0.15, -0.1) is 0 Å². The number of rotatable bonds is 2. The summed E-state index contributed by atoms with van der Waals surface area (Å²) in [5.74, 6) is 0. The highest BCUT2D eigenvalue weighted by Crippen LogP contribution is 2.33. The van der Waals surface area contributed by atoms with E-state index in [1.165, 1.54) is 0 Å². The molecule has 3 rings (SSSR count). The molecule has 2 heteroatoms. The van der Waals surface area contributed by atoms with Crippen LogP contribution in [0.5, 0.6) is 0 Å². The van der Waals surface area contributed by atoms with E-state index in [-0.39, 0.29) is 0 Å². The van der Waals surface area contributed by atoms with Gasteiger partial charge in [0.15, 0.2) is 0 Å². The number of nitrogens with zero attached hydrogens (tertiary/aromatic N) is 2. The molecule has 22 heavy (non-hydrogen) atoms. The summed E-state index contributed by atoms with van der Waals surface area (Å²) in [6.07, 6.45) is 0. The summed E-state index contributed by atoms with van der Waals surface area (Å²) >= 11 is 0. The maximum absolute atomic E-state index is 9.76. The average Bonchev–Trinajstić information content (AvgIpc) is 2.84. The van der Waals surface area contributed by atoms with Crippen molar-refractivity contribution in [3.8, 4) is 23.3 Å². The number of nitriles is 2. The Morgan fingerprint density at radius 2 is 1.41 bits per heavy atom. The van der Waals surface area contributed by atoms with E-state index in [0.29, 0.717) is 5.56 Å². The van der Waals surface area contributed by atoms with E-state index in [1.807, 2.05) is 73.7 Å². The first kappa shape index (κ1) is 13.9. The van der Waals surface area contributed by atoms with Gasteiger partial charge in [-0.05, 0) is 35.2 Å². The maximum atomic E-state index is 9.76. The summed E-state index contributed by atoms with van der Waals surface area (Å²) in [6, 6.07) is 26.0. The Bertz CT molecular complexity index is 868. The molecule has 0 aromatic heterocycles. The second kappa shape index (κ2) is 5.35. The minimum absolute atomic E-state index is 0.663. The van der Waals surface area contributed by atoms with Gasteiger partial charge in [0, 0.05) is 0 Å². The molecule has 0 N–H and O–H groups in total. The number of benzene rings is 1. The molecule has 0 fully saturated rings. The molecule has 0 saturated heterocycles. The quantitative estimate of drug-likeness (QED) is 0.695. The normalized spacial score (nSPS) is 13.0. The second-order valence-electron chi connectivity index (χ2n) is 5.45. The molecule has 1 aromatic carbocycles. The van der Waals surface area contributed by atoms with Crippen LogP contribution in [-0.4, -0.2) is 0 Å². The molecule has 0 saturated carbocycles. The van der Waals surface area contributed by atoms with Crippen LogP contribution in [0.25, 0.3) is 11.1 Å². The standard InChI is InChI=1S/C20H14N2/c1-20(14-22,17-5-3-2-4-6-17)18-10-9-15-7-8-16(13-21)19(15)12-11-18/h2-12H,1H3. The fourth-order valence-corrected chi connectivity index (χ4v) is 2.75. The zero-order valence-electron chi connectivity index (χ0n) is 12.2. The van der Waals surface area contributed by atoms with Crippen LogP contribution in [0.1, 0.15) is 23.6 Å². The van der Waals surface area contributed by atoms with Gasteiger partial charge in [0.25, 0.3) is 0 Å². The minimum atomic E-state index is -0.718. The predicted octanol–water partition coefficient (Wildman–Crippen LogP) is 4.49. The summed E-state index contributed by atoms with van der Waals surface area (Å²) in [5.41, 5.74) is 3.75. The number of hydrogen-bond acceptors (Lipinski definition) is 2. The molecule has 2 aliphatic carbocycles. The van der Waals surface area contributed by atoms with Crippen molar-refractivity contribution in [2.75, 3.05) is 0 Å². The third kappa shape index (κ3) is 2.12. The molecule has 2 aliphatic rings. The fraction of sp³-hybridized carbons (Fsp3) is 0.100. The van der Waals surface area contributed by atoms with Crippen LogP contribution in [0.2, 0.25) is 0 Å². The second-order valence-corrected chi connectivity index (χ2v) is 5.45. The van der Waals surface area contributed by atoms with Gasteiger partial charge in [0.1, 0.15) is 5.41 Å². The van der Waals surface area contributed by atoms with Crippen molar-refractivity contribution in [1.82, 2.24) is 0 Å². The molecule has 0 bridgehead atoms. The average molecular weight is 282 g/mol. The van der Waals surface area contributed by atoms with Crippen molar-refractivity contribution < 1.29 is 0 Å². The summed E-state index contributed by atoms with van der Waals surface area (Å²) in [4.78, 5) is 0. The van der Waals surface area contributed by atoms with E-state index in [4.69, 9.17) is 5.26 Å². The van der Waals surface area contributed by atoms with Gasteiger partial charge < -0.3 is 0 Å². The lowest BCUT2D eigenvalue weighted by molar-refractivity contribution is 0.742. The van der Waals surface area contributed by atoms with Gasteiger partial charge in [-0.3, -0.25) is 0 Å². The van der Waals surface area contributed by atoms with Gasteiger partial charge in [0.2, 0.25) is 0 Å². The Hall–Kier alpha value is -3.10. The van der Waals surface area contributed by atoms with E-state index < -0.39 is 5.41 Å². The molecule has 2 nitrogen and oxygen atoms in total. The SMILES string of the molecule is CC(C#N)(c1ccccc1)c1ccc2ccc(C#N)c-2cc1. The van der Waals surface area contributed by atoms with Crippen molar-refractivity contribution in [2.24, 2.45) is 0 Å².